The van der Waals surface area contributed by atoms with Gasteiger partial charge in [-0.25, -0.2) is 0 Å². The van der Waals surface area contributed by atoms with Crippen LogP contribution in [0.2, 0.25) is 0 Å². The molecule has 0 aromatic heterocycles. The zero-order chi connectivity index (χ0) is 14.3. The highest BCUT2D eigenvalue weighted by Crippen LogP contribution is 2.18. The van der Waals surface area contributed by atoms with Crippen molar-refractivity contribution in [2.45, 2.75) is 36.8 Å². The maximum atomic E-state index is 9.12. The lowest BCUT2D eigenvalue weighted by molar-refractivity contribution is -0.286. The molecule has 1 saturated heterocycles. The third-order valence-corrected chi connectivity index (χ3v) is 2.29. The van der Waals surface area contributed by atoms with Gasteiger partial charge in [-0.15, -0.1) is 0 Å². The normalized spacial score (nSPS) is 36.2. The van der Waals surface area contributed by atoms with Crippen molar-refractivity contribution >= 4 is 0 Å². The van der Waals surface area contributed by atoms with E-state index < -0.39 is 43.4 Å². The van der Waals surface area contributed by atoms with E-state index in [9.17, 15) is 0 Å². The maximum Gasteiger partial charge on any atom is 0.184 e. The first-order valence-corrected chi connectivity index (χ1v) is 5.27. The summed E-state index contributed by atoms with van der Waals surface area (Å²) in [5.41, 5.74) is 0. The quantitative estimate of drug-likeness (QED) is 0.251. The molecule has 0 aromatic rings. The average molecular weight is 272 g/mol. The lowest BCUT2D eigenvalue weighted by Crippen LogP contribution is -2.58. The summed E-state index contributed by atoms with van der Waals surface area (Å²) in [6.45, 7) is -1.25. The van der Waals surface area contributed by atoms with E-state index in [2.05, 4.69) is 4.74 Å². The number of hydrogen-bond donors (Lipinski definition) is 8. The molecule has 0 aliphatic carbocycles. The molecule has 0 amide bonds. The summed E-state index contributed by atoms with van der Waals surface area (Å²) >= 11 is 0. The van der Waals surface area contributed by atoms with Gasteiger partial charge < -0.3 is 45.6 Å². The molecule has 5 atom stereocenters. The first-order valence-electron chi connectivity index (χ1n) is 5.27. The van der Waals surface area contributed by atoms with Gasteiger partial charge in [0, 0.05) is 0 Å². The second kappa shape index (κ2) is 8.69. The summed E-state index contributed by atoms with van der Waals surface area (Å²) in [7, 11) is 0. The Hall–Kier alpha value is -0.360. The van der Waals surface area contributed by atoms with E-state index in [1.54, 1.807) is 0 Å². The number of ether oxygens (including phenoxy) is 1. The Morgan fingerprint density at radius 2 is 1.33 bits per heavy atom. The fourth-order valence-corrected chi connectivity index (χ4v) is 1.14. The summed E-state index contributed by atoms with van der Waals surface area (Å²) in [5.74, 6) is 0. The highest BCUT2D eigenvalue weighted by Gasteiger charge is 2.42. The smallest absolute Gasteiger partial charge is 0.184 e. The van der Waals surface area contributed by atoms with Gasteiger partial charge in [0.1, 0.15) is 30.5 Å². The zero-order valence-corrected chi connectivity index (χ0v) is 9.57. The number of aliphatic hydroxyl groups excluding tert-OH is 8. The van der Waals surface area contributed by atoms with Crippen LogP contribution in [0.25, 0.3) is 0 Å². The number of rotatable bonds is 3. The van der Waals surface area contributed by atoms with E-state index >= 15 is 0 Å². The molecule has 8 N–H and O–H groups in total. The highest BCUT2D eigenvalue weighted by atomic mass is 16.6. The molecule has 0 aromatic carbocycles. The van der Waals surface area contributed by atoms with Crippen LogP contribution in [0.5, 0.6) is 0 Å². The summed E-state index contributed by atoms with van der Waals surface area (Å²) in [5, 5.41) is 68.7. The van der Waals surface area contributed by atoms with Crippen molar-refractivity contribution in [2.75, 3.05) is 19.8 Å². The Labute approximate surface area is 103 Å². The molecule has 1 fully saturated rings. The summed E-state index contributed by atoms with van der Waals surface area (Å²) < 4.78 is 4.58. The minimum Gasteiger partial charge on any atom is -0.394 e. The summed E-state index contributed by atoms with van der Waals surface area (Å²) in [6.07, 6.45) is -7.99. The molecular formula is C9H20O9. The van der Waals surface area contributed by atoms with Gasteiger partial charge in [-0.05, 0) is 0 Å². The Balaban J connectivity index is 0.000000411. The van der Waals surface area contributed by atoms with Crippen molar-refractivity contribution in [3.05, 3.63) is 0 Å². The highest BCUT2D eigenvalue weighted by molar-refractivity contribution is 4.87. The zero-order valence-electron chi connectivity index (χ0n) is 9.57. The molecule has 9 heteroatoms. The fraction of sp³-hybridized carbons (Fsp3) is 1.00. The van der Waals surface area contributed by atoms with E-state index in [0.29, 0.717) is 0 Å². The van der Waals surface area contributed by atoms with Crippen LogP contribution < -0.4 is 0 Å². The molecule has 110 valence electrons. The standard InChI is InChI=1S/C6H12O6.C3H8O3/c7-1-2-3(8)4(9)5(10)6(11)12-2;4-1-3(6)2-5/h2-11H,1H2;3-6H,1-2H2/t2-,3+,4+,5-,6-;/m1./s1. The first-order chi connectivity index (χ1) is 8.38. The Morgan fingerprint density at radius 1 is 0.833 bits per heavy atom. The molecule has 0 unspecified atom stereocenters. The van der Waals surface area contributed by atoms with Crippen LogP contribution in [-0.2, 0) is 4.74 Å². The van der Waals surface area contributed by atoms with Crippen LogP contribution in [0.15, 0.2) is 0 Å². The molecule has 1 aliphatic heterocycles. The molecule has 0 spiro atoms. The van der Waals surface area contributed by atoms with Crippen molar-refractivity contribution in [1.82, 2.24) is 0 Å². The van der Waals surface area contributed by atoms with E-state index in [1.165, 1.54) is 0 Å². The lowest BCUT2D eigenvalue weighted by Gasteiger charge is -2.37. The van der Waals surface area contributed by atoms with Crippen LogP contribution in [0.3, 0.4) is 0 Å². The van der Waals surface area contributed by atoms with Crippen LogP contribution in [0, 0.1) is 0 Å². The Morgan fingerprint density at radius 3 is 1.67 bits per heavy atom. The fourth-order valence-electron chi connectivity index (χ4n) is 1.14. The van der Waals surface area contributed by atoms with Gasteiger partial charge in [0.2, 0.25) is 0 Å². The van der Waals surface area contributed by atoms with Crippen molar-refractivity contribution in [3.8, 4) is 0 Å². The molecule has 18 heavy (non-hydrogen) atoms. The van der Waals surface area contributed by atoms with Gasteiger partial charge in [0.25, 0.3) is 0 Å². The Bertz CT molecular complexity index is 205. The number of aliphatic hydroxyl groups is 8. The molecule has 0 radical (unpaired) electrons. The van der Waals surface area contributed by atoms with Crippen LogP contribution in [0.1, 0.15) is 0 Å². The largest absolute Gasteiger partial charge is 0.394 e. The van der Waals surface area contributed by atoms with E-state index in [1.807, 2.05) is 0 Å². The maximum absolute atomic E-state index is 9.12. The van der Waals surface area contributed by atoms with E-state index in [0.717, 1.165) is 0 Å². The third kappa shape index (κ3) is 5.10. The molecule has 0 bridgehead atoms. The van der Waals surface area contributed by atoms with Crippen molar-refractivity contribution in [1.29, 1.82) is 0 Å². The lowest BCUT2D eigenvalue weighted by atomic mass is 10.00. The molecule has 1 aliphatic rings. The Kier molecular flexibility index (Phi) is 8.52. The molecule has 1 rings (SSSR count). The second-order valence-electron chi connectivity index (χ2n) is 3.74. The van der Waals surface area contributed by atoms with Gasteiger partial charge in [0.05, 0.1) is 19.8 Å². The second-order valence-corrected chi connectivity index (χ2v) is 3.74. The van der Waals surface area contributed by atoms with E-state index in [-0.39, 0.29) is 13.2 Å². The van der Waals surface area contributed by atoms with E-state index in [4.69, 9.17) is 40.9 Å². The summed E-state index contributed by atoms with van der Waals surface area (Å²) in [4.78, 5) is 0. The number of hydrogen-bond acceptors (Lipinski definition) is 9. The van der Waals surface area contributed by atoms with Gasteiger partial charge in [-0.3, -0.25) is 0 Å². The van der Waals surface area contributed by atoms with Crippen LogP contribution in [0.4, 0.5) is 0 Å². The van der Waals surface area contributed by atoms with Gasteiger partial charge in [-0.2, -0.15) is 0 Å². The van der Waals surface area contributed by atoms with Crippen molar-refractivity contribution in [2.24, 2.45) is 0 Å². The average Bonchev–Trinajstić information content (AvgIpc) is 2.40. The minimum atomic E-state index is -1.57. The predicted molar refractivity (Wildman–Crippen MR) is 56.2 cm³/mol. The predicted octanol–water partition coefficient (Wildman–Crippen LogP) is -4.89. The summed E-state index contributed by atoms with van der Waals surface area (Å²) in [6, 6.07) is 0. The minimum absolute atomic E-state index is 0.365. The van der Waals surface area contributed by atoms with Crippen molar-refractivity contribution in [3.63, 3.8) is 0 Å². The SMILES string of the molecule is OCC(O)CO.OC[C@H]1O[C@@H](O)[C@H](O)[C@@H](O)[C@H]1O. The molecule has 9 nitrogen and oxygen atoms in total. The monoisotopic (exact) mass is 272 g/mol. The van der Waals surface area contributed by atoms with Crippen LogP contribution in [-0.4, -0.2) is 97.5 Å². The van der Waals surface area contributed by atoms with Crippen molar-refractivity contribution < 1.29 is 45.6 Å². The molecule has 1 heterocycles. The third-order valence-electron chi connectivity index (χ3n) is 2.29. The van der Waals surface area contributed by atoms with Crippen LogP contribution >= 0.6 is 0 Å². The topological polar surface area (TPSA) is 171 Å². The van der Waals surface area contributed by atoms with Gasteiger partial charge in [0.15, 0.2) is 6.29 Å². The van der Waals surface area contributed by atoms with Gasteiger partial charge in [-0.1, -0.05) is 0 Å². The first kappa shape index (κ1) is 17.6. The molecular weight excluding hydrogens is 252 g/mol. The molecule has 0 saturated carbocycles. The van der Waals surface area contributed by atoms with Gasteiger partial charge >= 0.3 is 0 Å².